The SMILES string of the molecule is O=Cc1ccccc1Sc1c(Cl)cc(Br)cc1CNC(=O)OCC1c2ccccc2-c2ccccc21. The number of aldehydes is 1. The average Bonchev–Trinajstić information content (AvgIpc) is 3.22. The van der Waals surface area contributed by atoms with Crippen LogP contribution in [0.1, 0.15) is 33.0 Å². The second-order valence-electron chi connectivity index (χ2n) is 8.31. The van der Waals surface area contributed by atoms with Crippen LogP contribution >= 0.6 is 39.3 Å². The fraction of sp³-hybridized carbons (Fsp3) is 0.103. The van der Waals surface area contributed by atoms with Crippen molar-refractivity contribution < 1.29 is 14.3 Å². The van der Waals surface area contributed by atoms with Gasteiger partial charge in [-0.3, -0.25) is 4.79 Å². The monoisotopic (exact) mass is 577 g/mol. The van der Waals surface area contributed by atoms with Crippen molar-refractivity contribution in [1.29, 1.82) is 0 Å². The van der Waals surface area contributed by atoms with Gasteiger partial charge in [0.05, 0.1) is 5.02 Å². The molecule has 36 heavy (non-hydrogen) atoms. The lowest BCUT2D eigenvalue weighted by atomic mass is 9.98. The summed E-state index contributed by atoms with van der Waals surface area (Å²) in [5.74, 6) is -0.00516. The van der Waals surface area contributed by atoms with E-state index in [1.54, 1.807) is 12.1 Å². The van der Waals surface area contributed by atoms with Crippen molar-refractivity contribution in [3.63, 3.8) is 0 Å². The molecule has 0 radical (unpaired) electrons. The minimum Gasteiger partial charge on any atom is -0.449 e. The molecule has 0 aromatic heterocycles. The molecule has 4 aromatic carbocycles. The Labute approximate surface area is 227 Å². The Kier molecular flexibility index (Phi) is 7.46. The molecule has 0 aliphatic heterocycles. The normalized spacial score (nSPS) is 12.1. The molecule has 0 saturated heterocycles. The Balaban J connectivity index is 1.29. The molecule has 1 aliphatic carbocycles. The Morgan fingerprint density at radius 3 is 2.31 bits per heavy atom. The van der Waals surface area contributed by atoms with E-state index in [0.29, 0.717) is 10.6 Å². The number of carbonyl (C=O) groups excluding carboxylic acids is 2. The predicted molar refractivity (Wildman–Crippen MR) is 147 cm³/mol. The number of halogens is 2. The molecule has 1 aliphatic rings. The van der Waals surface area contributed by atoms with E-state index in [0.717, 1.165) is 37.2 Å². The van der Waals surface area contributed by atoms with Crippen LogP contribution < -0.4 is 5.32 Å². The third-order valence-corrected chi connectivity index (χ3v) is 8.26. The summed E-state index contributed by atoms with van der Waals surface area (Å²) in [6.07, 6.45) is 0.321. The number of fused-ring (bicyclic) bond motifs is 3. The van der Waals surface area contributed by atoms with Crippen LogP contribution in [0.15, 0.2) is 99.2 Å². The molecule has 7 heteroatoms. The largest absolute Gasteiger partial charge is 0.449 e. The van der Waals surface area contributed by atoms with Crippen LogP contribution in [0, 0.1) is 0 Å². The highest BCUT2D eigenvalue weighted by molar-refractivity contribution is 9.10. The van der Waals surface area contributed by atoms with Gasteiger partial charge in [-0.05, 0) is 46.0 Å². The minimum atomic E-state index is -0.503. The van der Waals surface area contributed by atoms with Gasteiger partial charge < -0.3 is 10.1 Å². The Morgan fingerprint density at radius 1 is 0.972 bits per heavy atom. The molecule has 0 fully saturated rings. The van der Waals surface area contributed by atoms with E-state index in [1.165, 1.54) is 22.9 Å². The van der Waals surface area contributed by atoms with Crippen LogP contribution in [0.25, 0.3) is 11.1 Å². The second kappa shape index (κ2) is 10.9. The predicted octanol–water partition coefficient (Wildman–Crippen LogP) is 8.10. The maximum atomic E-state index is 12.7. The molecule has 0 atom stereocenters. The molecular weight excluding hydrogens is 558 g/mol. The lowest BCUT2D eigenvalue weighted by Crippen LogP contribution is -2.26. The van der Waals surface area contributed by atoms with Gasteiger partial charge in [0.1, 0.15) is 6.61 Å². The van der Waals surface area contributed by atoms with Crippen LogP contribution in [-0.2, 0) is 11.3 Å². The molecular formula is C29H21BrClNO3S. The number of hydrogen-bond acceptors (Lipinski definition) is 4. The molecule has 1 N–H and O–H groups in total. The summed E-state index contributed by atoms with van der Waals surface area (Å²) >= 11 is 11.4. The first-order valence-corrected chi connectivity index (χ1v) is 13.3. The van der Waals surface area contributed by atoms with E-state index in [9.17, 15) is 9.59 Å². The molecule has 4 aromatic rings. The number of benzene rings is 4. The number of nitrogens with one attached hydrogen (secondary N) is 1. The van der Waals surface area contributed by atoms with Gasteiger partial charge in [-0.25, -0.2) is 4.79 Å². The van der Waals surface area contributed by atoms with Gasteiger partial charge in [0.2, 0.25) is 0 Å². The van der Waals surface area contributed by atoms with Gasteiger partial charge in [0, 0.05) is 32.3 Å². The van der Waals surface area contributed by atoms with Crippen LogP contribution in [0.2, 0.25) is 5.02 Å². The molecule has 0 saturated carbocycles. The highest BCUT2D eigenvalue weighted by Crippen LogP contribution is 2.44. The van der Waals surface area contributed by atoms with Gasteiger partial charge in [-0.1, -0.05) is 106 Å². The first-order chi connectivity index (χ1) is 17.5. The van der Waals surface area contributed by atoms with Gasteiger partial charge in [-0.15, -0.1) is 0 Å². The zero-order valence-electron chi connectivity index (χ0n) is 19.0. The van der Waals surface area contributed by atoms with Crippen molar-refractivity contribution in [2.75, 3.05) is 6.61 Å². The number of carbonyl (C=O) groups is 2. The minimum absolute atomic E-state index is 0.00516. The third kappa shape index (κ3) is 5.07. The first kappa shape index (κ1) is 24.6. The fourth-order valence-electron chi connectivity index (χ4n) is 4.46. The Hall–Kier alpha value is -3.06. The quantitative estimate of drug-likeness (QED) is 0.225. The summed E-state index contributed by atoms with van der Waals surface area (Å²) in [6.45, 7) is 0.467. The van der Waals surface area contributed by atoms with E-state index in [-0.39, 0.29) is 19.1 Å². The summed E-state index contributed by atoms with van der Waals surface area (Å²) in [5, 5.41) is 3.38. The zero-order chi connectivity index (χ0) is 25.1. The van der Waals surface area contributed by atoms with Crippen molar-refractivity contribution in [1.82, 2.24) is 5.32 Å². The number of rotatable bonds is 7. The van der Waals surface area contributed by atoms with Crippen molar-refractivity contribution in [2.24, 2.45) is 0 Å². The van der Waals surface area contributed by atoms with Gasteiger partial charge in [0.25, 0.3) is 0 Å². The number of alkyl carbamates (subject to hydrolysis) is 1. The van der Waals surface area contributed by atoms with Crippen LogP contribution in [-0.4, -0.2) is 19.0 Å². The maximum Gasteiger partial charge on any atom is 0.407 e. The van der Waals surface area contributed by atoms with Crippen molar-refractivity contribution >= 4 is 51.7 Å². The lowest BCUT2D eigenvalue weighted by Gasteiger charge is -2.16. The van der Waals surface area contributed by atoms with E-state index >= 15 is 0 Å². The number of hydrogen-bond donors (Lipinski definition) is 1. The molecule has 4 nitrogen and oxygen atoms in total. The van der Waals surface area contributed by atoms with Gasteiger partial charge in [0.15, 0.2) is 6.29 Å². The fourth-order valence-corrected chi connectivity index (χ4v) is 6.47. The van der Waals surface area contributed by atoms with E-state index in [1.807, 2.05) is 48.5 Å². The Bertz CT molecular complexity index is 1410. The van der Waals surface area contributed by atoms with E-state index in [2.05, 4.69) is 45.5 Å². The van der Waals surface area contributed by atoms with E-state index in [4.69, 9.17) is 16.3 Å². The third-order valence-electron chi connectivity index (χ3n) is 6.11. The van der Waals surface area contributed by atoms with Gasteiger partial charge >= 0.3 is 6.09 Å². The molecule has 5 rings (SSSR count). The maximum absolute atomic E-state index is 12.7. The molecule has 180 valence electrons. The summed E-state index contributed by atoms with van der Waals surface area (Å²) in [4.78, 5) is 25.7. The Morgan fingerprint density at radius 2 is 1.61 bits per heavy atom. The van der Waals surface area contributed by atoms with Crippen molar-refractivity contribution in [2.45, 2.75) is 22.3 Å². The van der Waals surface area contributed by atoms with E-state index < -0.39 is 6.09 Å². The summed E-state index contributed by atoms with van der Waals surface area (Å²) in [6, 6.07) is 27.5. The zero-order valence-corrected chi connectivity index (χ0v) is 22.2. The summed E-state index contributed by atoms with van der Waals surface area (Å²) in [5.41, 5.74) is 6.09. The standard InChI is InChI=1S/C29H21BrClNO3S/c30-20-13-19(28(26(31)14-20)36-27-12-6-1-7-18(27)16-33)15-32-29(34)35-17-25-23-10-4-2-8-21(23)22-9-3-5-11-24(22)25/h1-14,16,25H,15,17H2,(H,32,34). The van der Waals surface area contributed by atoms with Gasteiger partial charge in [-0.2, -0.15) is 0 Å². The first-order valence-electron chi connectivity index (χ1n) is 11.3. The number of amides is 1. The highest BCUT2D eigenvalue weighted by atomic mass is 79.9. The topological polar surface area (TPSA) is 55.4 Å². The lowest BCUT2D eigenvalue weighted by molar-refractivity contribution is 0.112. The van der Waals surface area contributed by atoms with Crippen molar-refractivity contribution in [3.8, 4) is 11.1 Å². The molecule has 0 heterocycles. The molecule has 0 spiro atoms. The summed E-state index contributed by atoms with van der Waals surface area (Å²) < 4.78 is 6.46. The smallest absolute Gasteiger partial charge is 0.407 e. The van der Waals surface area contributed by atoms with Crippen LogP contribution in [0.5, 0.6) is 0 Å². The molecule has 1 amide bonds. The van der Waals surface area contributed by atoms with Crippen LogP contribution in [0.4, 0.5) is 4.79 Å². The summed E-state index contributed by atoms with van der Waals surface area (Å²) in [7, 11) is 0. The average molecular weight is 579 g/mol. The van der Waals surface area contributed by atoms with Crippen molar-refractivity contribution in [3.05, 3.63) is 117 Å². The van der Waals surface area contributed by atoms with Crippen LogP contribution in [0.3, 0.4) is 0 Å². The molecule has 0 bridgehead atoms. The number of ether oxygens (including phenoxy) is 1. The second-order valence-corrected chi connectivity index (χ2v) is 10.7. The highest BCUT2D eigenvalue weighted by Gasteiger charge is 2.29. The molecule has 0 unspecified atom stereocenters.